The average Bonchev–Trinajstić information content (AvgIpc) is 2.05. The first-order valence-corrected chi connectivity index (χ1v) is 5.38. The van der Waals surface area contributed by atoms with Gasteiger partial charge in [0.1, 0.15) is 0 Å². The van der Waals surface area contributed by atoms with Crippen molar-refractivity contribution in [1.82, 2.24) is 0 Å². The molecule has 1 aromatic carbocycles. The molecule has 1 aromatic rings. The average molecular weight is 227 g/mol. The van der Waals surface area contributed by atoms with Crippen LogP contribution in [-0.2, 0) is 6.42 Å². The van der Waals surface area contributed by atoms with E-state index in [2.05, 4.69) is 53.2 Å². The van der Waals surface area contributed by atoms with Crippen molar-refractivity contribution in [3.63, 3.8) is 0 Å². The number of alkyl halides is 1. The highest BCUT2D eigenvalue weighted by Crippen LogP contribution is 2.10. The van der Waals surface area contributed by atoms with Gasteiger partial charge in [0.25, 0.3) is 0 Å². The van der Waals surface area contributed by atoms with Crippen LogP contribution in [0.25, 0.3) is 0 Å². The molecule has 0 aliphatic carbocycles. The van der Waals surface area contributed by atoms with E-state index in [4.69, 9.17) is 0 Å². The molecule has 0 amide bonds. The van der Waals surface area contributed by atoms with Gasteiger partial charge in [-0.3, -0.25) is 0 Å². The molecule has 12 heavy (non-hydrogen) atoms. The second-order valence-electron chi connectivity index (χ2n) is 3.16. The van der Waals surface area contributed by atoms with E-state index in [9.17, 15) is 0 Å². The summed E-state index contributed by atoms with van der Waals surface area (Å²) >= 11 is 3.55. The molecule has 0 nitrogen and oxygen atoms in total. The Bertz CT molecular complexity index is 204. The van der Waals surface area contributed by atoms with Gasteiger partial charge in [-0.2, -0.15) is 0 Å². The Morgan fingerprint density at radius 2 is 1.92 bits per heavy atom. The number of rotatable bonds is 4. The summed E-state index contributed by atoms with van der Waals surface area (Å²) in [4.78, 5) is 0.654. The predicted molar refractivity (Wildman–Crippen MR) is 57.8 cm³/mol. The van der Waals surface area contributed by atoms with Gasteiger partial charge in [-0.05, 0) is 24.8 Å². The van der Waals surface area contributed by atoms with Crippen molar-refractivity contribution in [2.75, 3.05) is 0 Å². The highest BCUT2D eigenvalue weighted by atomic mass is 79.9. The lowest BCUT2D eigenvalue weighted by molar-refractivity contribution is 0.736. The number of hydrogen-bond acceptors (Lipinski definition) is 0. The third-order valence-electron chi connectivity index (χ3n) is 1.91. The molecule has 0 heterocycles. The molecule has 66 valence electrons. The van der Waals surface area contributed by atoms with Gasteiger partial charge in [0, 0.05) is 4.83 Å². The van der Waals surface area contributed by atoms with E-state index in [0.29, 0.717) is 4.83 Å². The molecule has 0 spiro atoms. The van der Waals surface area contributed by atoms with Crippen LogP contribution in [0, 0.1) is 0 Å². The standard InChI is InChI=1S/C11H15Br/c1-10(12)6-5-9-11-7-3-2-4-8-11/h2-4,7-8,10H,5-6,9H2,1H3/t10-/m1/s1. The molecule has 0 saturated heterocycles. The molecule has 0 N–H and O–H groups in total. The Morgan fingerprint density at radius 3 is 2.50 bits per heavy atom. The van der Waals surface area contributed by atoms with Crippen LogP contribution in [0.1, 0.15) is 25.3 Å². The zero-order chi connectivity index (χ0) is 8.81. The third kappa shape index (κ3) is 3.91. The smallest absolute Gasteiger partial charge is 0.0117 e. The molecule has 0 saturated carbocycles. The van der Waals surface area contributed by atoms with E-state index in [1.165, 1.54) is 24.8 Å². The van der Waals surface area contributed by atoms with Crippen LogP contribution in [0.15, 0.2) is 30.3 Å². The summed E-state index contributed by atoms with van der Waals surface area (Å²) in [6.07, 6.45) is 3.74. The zero-order valence-corrected chi connectivity index (χ0v) is 9.05. The Labute approximate surface area is 83.1 Å². The summed E-state index contributed by atoms with van der Waals surface area (Å²) in [6.45, 7) is 2.20. The Kier molecular flexibility index (Phi) is 4.37. The van der Waals surface area contributed by atoms with Crippen molar-refractivity contribution in [3.8, 4) is 0 Å². The van der Waals surface area contributed by atoms with Crippen molar-refractivity contribution < 1.29 is 0 Å². The molecule has 0 fully saturated rings. The summed E-state index contributed by atoms with van der Waals surface area (Å²) in [5, 5.41) is 0. The number of halogens is 1. The van der Waals surface area contributed by atoms with Crippen LogP contribution in [0.3, 0.4) is 0 Å². The van der Waals surface area contributed by atoms with E-state index >= 15 is 0 Å². The quantitative estimate of drug-likeness (QED) is 0.686. The Hall–Kier alpha value is -0.300. The van der Waals surface area contributed by atoms with Crippen molar-refractivity contribution in [2.24, 2.45) is 0 Å². The Morgan fingerprint density at radius 1 is 1.25 bits per heavy atom. The molecule has 0 aromatic heterocycles. The number of hydrogen-bond donors (Lipinski definition) is 0. The fourth-order valence-electron chi connectivity index (χ4n) is 1.23. The highest BCUT2D eigenvalue weighted by Gasteiger charge is 1.96. The summed E-state index contributed by atoms with van der Waals surface area (Å²) in [6, 6.07) is 10.7. The fraction of sp³-hybridized carbons (Fsp3) is 0.455. The molecule has 0 radical (unpaired) electrons. The minimum Gasteiger partial charge on any atom is -0.0894 e. The van der Waals surface area contributed by atoms with Crippen LogP contribution in [-0.4, -0.2) is 4.83 Å². The maximum Gasteiger partial charge on any atom is 0.0117 e. The monoisotopic (exact) mass is 226 g/mol. The lowest BCUT2D eigenvalue weighted by atomic mass is 10.1. The molecule has 0 bridgehead atoms. The van der Waals surface area contributed by atoms with E-state index in [0.717, 1.165) is 0 Å². The summed E-state index contributed by atoms with van der Waals surface area (Å²) in [7, 11) is 0. The normalized spacial score (nSPS) is 12.8. The van der Waals surface area contributed by atoms with Crippen LogP contribution in [0.5, 0.6) is 0 Å². The fourth-order valence-corrected chi connectivity index (χ4v) is 1.56. The van der Waals surface area contributed by atoms with Gasteiger partial charge < -0.3 is 0 Å². The largest absolute Gasteiger partial charge is 0.0894 e. The maximum atomic E-state index is 3.55. The van der Waals surface area contributed by atoms with E-state index in [1.54, 1.807) is 0 Å². The topological polar surface area (TPSA) is 0 Å². The van der Waals surface area contributed by atoms with Crippen molar-refractivity contribution >= 4 is 15.9 Å². The van der Waals surface area contributed by atoms with Crippen molar-refractivity contribution in [3.05, 3.63) is 35.9 Å². The van der Waals surface area contributed by atoms with Gasteiger partial charge in [-0.25, -0.2) is 0 Å². The maximum absolute atomic E-state index is 3.55. The second kappa shape index (κ2) is 5.36. The van der Waals surface area contributed by atoms with Gasteiger partial charge in [0.05, 0.1) is 0 Å². The summed E-state index contributed by atoms with van der Waals surface area (Å²) in [5.74, 6) is 0. The minimum atomic E-state index is 0.654. The van der Waals surface area contributed by atoms with Gasteiger partial charge in [0.15, 0.2) is 0 Å². The lowest BCUT2D eigenvalue weighted by Crippen LogP contribution is -1.92. The predicted octanol–water partition coefficient (Wildman–Crippen LogP) is 3.79. The molecule has 1 rings (SSSR count). The minimum absolute atomic E-state index is 0.654. The first-order chi connectivity index (χ1) is 5.79. The van der Waals surface area contributed by atoms with Crippen molar-refractivity contribution in [2.45, 2.75) is 31.0 Å². The highest BCUT2D eigenvalue weighted by molar-refractivity contribution is 9.09. The van der Waals surface area contributed by atoms with Crippen LogP contribution in [0.2, 0.25) is 0 Å². The lowest BCUT2D eigenvalue weighted by Gasteiger charge is -2.02. The molecule has 1 atom stereocenters. The first-order valence-electron chi connectivity index (χ1n) is 4.47. The molecule has 1 heteroatoms. The van der Waals surface area contributed by atoms with Crippen molar-refractivity contribution in [1.29, 1.82) is 0 Å². The molecule has 0 unspecified atom stereocenters. The van der Waals surface area contributed by atoms with E-state index in [1.807, 2.05) is 0 Å². The van der Waals surface area contributed by atoms with E-state index < -0.39 is 0 Å². The van der Waals surface area contributed by atoms with Gasteiger partial charge in [-0.15, -0.1) is 0 Å². The summed E-state index contributed by atoms with van der Waals surface area (Å²) in [5.41, 5.74) is 1.45. The molecular formula is C11H15Br. The van der Waals surface area contributed by atoms with E-state index in [-0.39, 0.29) is 0 Å². The van der Waals surface area contributed by atoms with Crippen LogP contribution in [0.4, 0.5) is 0 Å². The molecule has 0 aliphatic heterocycles. The Balaban J connectivity index is 2.25. The van der Waals surface area contributed by atoms with Gasteiger partial charge in [-0.1, -0.05) is 53.2 Å². The van der Waals surface area contributed by atoms with Crippen LogP contribution < -0.4 is 0 Å². The molecule has 0 aliphatic rings. The second-order valence-corrected chi connectivity index (χ2v) is 4.72. The SMILES string of the molecule is C[C@@H](Br)CCCc1ccccc1. The van der Waals surface area contributed by atoms with Gasteiger partial charge in [0.2, 0.25) is 0 Å². The first kappa shape index (κ1) is 9.79. The molecular weight excluding hydrogens is 212 g/mol. The number of benzene rings is 1. The number of aryl methyl sites for hydroxylation is 1. The van der Waals surface area contributed by atoms with Crippen LogP contribution >= 0.6 is 15.9 Å². The summed E-state index contributed by atoms with van der Waals surface area (Å²) < 4.78 is 0. The zero-order valence-electron chi connectivity index (χ0n) is 7.46. The third-order valence-corrected chi connectivity index (χ3v) is 2.37. The van der Waals surface area contributed by atoms with Gasteiger partial charge >= 0.3 is 0 Å².